The SMILES string of the molecule is CONC(=N)NC(=O)/C=C/c1ccccc1. The molecule has 0 heterocycles. The molecule has 0 fully saturated rings. The number of carbonyl (C=O) groups is 1. The van der Waals surface area contributed by atoms with E-state index in [1.54, 1.807) is 6.08 Å². The zero-order valence-electron chi connectivity index (χ0n) is 8.86. The Hall–Kier alpha value is -2.14. The summed E-state index contributed by atoms with van der Waals surface area (Å²) in [6.45, 7) is 0. The van der Waals surface area contributed by atoms with Gasteiger partial charge in [-0.25, -0.2) is 5.48 Å². The lowest BCUT2D eigenvalue weighted by Crippen LogP contribution is -2.38. The zero-order chi connectivity index (χ0) is 11.8. The molecule has 0 bridgehead atoms. The van der Waals surface area contributed by atoms with Crippen molar-refractivity contribution in [3.63, 3.8) is 0 Å². The molecule has 16 heavy (non-hydrogen) atoms. The van der Waals surface area contributed by atoms with Crippen LogP contribution in [0, 0.1) is 5.41 Å². The van der Waals surface area contributed by atoms with Gasteiger partial charge >= 0.3 is 0 Å². The molecule has 1 aromatic carbocycles. The van der Waals surface area contributed by atoms with Gasteiger partial charge < -0.3 is 0 Å². The van der Waals surface area contributed by atoms with Crippen molar-refractivity contribution in [1.29, 1.82) is 5.41 Å². The summed E-state index contributed by atoms with van der Waals surface area (Å²) in [7, 11) is 1.36. The van der Waals surface area contributed by atoms with Gasteiger partial charge in [-0.1, -0.05) is 30.3 Å². The van der Waals surface area contributed by atoms with E-state index in [1.807, 2.05) is 30.3 Å². The number of hydroxylamine groups is 1. The molecule has 0 aromatic heterocycles. The van der Waals surface area contributed by atoms with Crippen LogP contribution in [0.4, 0.5) is 0 Å². The van der Waals surface area contributed by atoms with Gasteiger partial charge in [0.05, 0.1) is 7.11 Å². The first-order valence-corrected chi connectivity index (χ1v) is 4.64. The second kappa shape index (κ2) is 6.36. The van der Waals surface area contributed by atoms with Crippen molar-refractivity contribution in [2.24, 2.45) is 0 Å². The number of benzene rings is 1. The van der Waals surface area contributed by atoms with Crippen LogP contribution < -0.4 is 10.8 Å². The first-order valence-electron chi connectivity index (χ1n) is 4.64. The number of rotatable bonds is 3. The second-order valence-electron chi connectivity index (χ2n) is 2.91. The quantitative estimate of drug-likeness (QED) is 0.306. The van der Waals surface area contributed by atoms with Gasteiger partial charge in [-0.2, -0.15) is 0 Å². The standard InChI is InChI=1S/C11H13N3O2/c1-16-14-11(12)13-10(15)8-7-9-5-3-2-4-6-9/h2-8H,1H3,(H3,12,13,14,15)/b8-7+. The lowest BCUT2D eigenvalue weighted by molar-refractivity contribution is -0.115. The molecule has 0 atom stereocenters. The number of carbonyl (C=O) groups excluding carboxylic acids is 1. The Morgan fingerprint density at radius 2 is 2.06 bits per heavy atom. The van der Waals surface area contributed by atoms with Gasteiger partial charge in [0, 0.05) is 6.08 Å². The fourth-order valence-corrected chi connectivity index (χ4v) is 1.03. The molecule has 0 saturated heterocycles. The highest BCUT2D eigenvalue weighted by atomic mass is 16.6. The topological polar surface area (TPSA) is 74.2 Å². The van der Waals surface area contributed by atoms with Crippen molar-refractivity contribution in [2.75, 3.05) is 7.11 Å². The highest BCUT2D eigenvalue weighted by Crippen LogP contribution is 2.00. The largest absolute Gasteiger partial charge is 0.292 e. The van der Waals surface area contributed by atoms with E-state index < -0.39 is 5.91 Å². The Bertz CT molecular complexity index is 387. The molecule has 5 nitrogen and oxygen atoms in total. The summed E-state index contributed by atoms with van der Waals surface area (Å²) in [4.78, 5) is 15.7. The van der Waals surface area contributed by atoms with E-state index in [4.69, 9.17) is 5.41 Å². The van der Waals surface area contributed by atoms with Gasteiger partial charge in [-0.05, 0) is 11.6 Å². The van der Waals surface area contributed by atoms with Crippen molar-refractivity contribution in [2.45, 2.75) is 0 Å². The molecule has 0 saturated carbocycles. The third-order valence-corrected chi connectivity index (χ3v) is 1.68. The minimum Gasteiger partial charge on any atom is -0.292 e. The van der Waals surface area contributed by atoms with E-state index in [0.717, 1.165) is 5.56 Å². The molecule has 3 N–H and O–H groups in total. The first kappa shape index (κ1) is 11.9. The highest BCUT2D eigenvalue weighted by Gasteiger charge is 1.98. The highest BCUT2D eigenvalue weighted by molar-refractivity contribution is 6.02. The average Bonchev–Trinajstić information content (AvgIpc) is 2.28. The summed E-state index contributed by atoms with van der Waals surface area (Å²) in [5.41, 5.74) is 3.11. The van der Waals surface area contributed by atoms with Crippen molar-refractivity contribution in [1.82, 2.24) is 10.8 Å². The molecule has 84 valence electrons. The minimum atomic E-state index is -0.390. The van der Waals surface area contributed by atoms with E-state index in [0.29, 0.717) is 0 Å². The van der Waals surface area contributed by atoms with Crippen molar-refractivity contribution >= 4 is 17.9 Å². The Kier molecular flexibility index (Phi) is 4.75. The molecule has 0 aliphatic heterocycles. The normalized spacial score (nSPS) is 10.1. The summed E-state index contributed by atoms with van der Waals surface area (Å²) in [5, 5.41) is 9.47. The van der Waals surface area contributed by atoms with E-state index in [1.165, 1.54) is 13.2 Å². The zero-order valence-corrected chi connectivity index (χ0v) is 8.86. The molecular weight excluding hydrogens is 206 g/mol. The third kappa shape index (κ3) is 4.39. The Balaban J connectivity index is 2.46. The number of hydrogen-bond donors (Lipinski definition) is 3. The molecule has 0 radical (unpaired) electrons. The molecular formula is C11H13N3O2. The average molecular weight is 219 g/mol. The van der Waals surface area contributed by atoms with Crippen molar-refractivity contribution < 1.29 is 9.63 Å². The monoisotopic (exact) mass is 219 g/mol. The van der Waals surface area contributed by atoms with Crippen molar-refractivity contribution in [3.05, 3.63) is 42.0 Å². The predicted octanol–water partition coefficient (Wildman–Crippen LogP) is 0.902. The Morgan fingerprint density at radius 1 is 1.38 bits per heavy atom. The van der Waals surface area contributed by atoms with E-state index in [2.05, 4.69) is 15.6 Å². The molecule has 1 rings (SSSR count). The summed E-state index contributed by atoms with van der Waals surface area (Å²) >= 11 is 0. The maximum atomic E-state index is 11.3. The maximum absolute atomic E-state index is 11.3. The maximum Gasteiger partial charge on any atom is 0.250 e. The van der Waals surface area contributed by atoms with E-state index in [-0.39, 0.29) is 5.96 Å². The molecule has 0 spiro atoms. The van der Waals surface area contributed by atoms with Crippen LogP contribution in [0.25, 0.3) is 6.08 Å². The second-order valence-corrected chi connectivity index (χ2v) is 2.91. The fourth-order valence-electron chi connectivity index (χ4n) is 1.03. The van der Waals surface area contributed by atoms with Crippen LogP contribution in [0.1, 0.15) is 5.56 Å². The minimum absolute atomic E-state index is 0.204. The number of amides is 1. The third-order valence-electron chi connectivity index (χ3n) is 1.68. The van der Waals surface area contributed by atoms with Gasteiger partial charge in [0.15, 0.2) is 0 Å². The molecule has 1 aromatic rings. The molecule has 1 amide bonds. The number of hydrogen-bond acceptors (Lipinski definition) is 3. The molecule has 5 heteroatoms. The van der Waals surface area contributed by atoms with Gasteiger partial charge in [-0.15, -0.1) is 0 Å². The van der Waals surface area contributed by atoms with Crippen LogP contribution in [-0.2, 0) is 9.63 Å². The number of guanidine groups is 1. The van der Waals surface area contributed by atoms with Gasteiger partial charge in [-0.3, -0.25) is 20.4 Å². The van der Waals surface area contributed by atoms with Crippen LogP contribution in [0.2, 0.25) is 0 Å². The van der Waals surface area contributed by atoms with Gasteiger partial charge in [0.1, 0.15) is 0 Å². The number of nitrogens with one attached hydrogen (secondary N) is 3. The summed E-state index contributed by atoms with van der Waals surface area (Å²) in [6, 6.07) is 9.42. The van der Waals surface area contributed by atoms with Gasteiger partial charge in [0.25, 0.3) is 5.91 Å². The van der Waals surface area contributed by atoms with Crippen LogP contribution in [-0.4, -0.2) is 19.0 Å². The molecule has 0 aliphatic rings. The van der Waals surface area contributed by atoms with Crippen molar-refractivity contribution in [3.8, 4) is 0 Å². The van der Waals surface area contributed by atoms with Gasteiger partial charge in [0.2, 0.25) is 5.96 Å². The molecule has 0 aliphatic carbocycles. The Morgan fingerprint density at radius 3 is 2.69 bits per heavy atom. The summed E-state index contributed by atoms with van der Waals surface area (Å²) < 4.78 is 0. The van der Waals surface area contributed by atoms with Crippen LogP contribution >= 0.6 is 0 Å². The predicted molar refractivity (Wildman–Crippen MR) is 61.5 cm³/mol. The smallest absolute Gasteiger partial charge is 0.250 e. The van der Waals surface area contributed by atoms with Crippen LogP contribution in [0.3, 0.4) is 0 Å². The van der Waals surface area contributed by atoms with E-state index >= 15 is 0 Å². The Labute approximate surface area is 93.6 Å². The first-order chi connectivity index (χ1) is 7.72. The van der Waals surface area contributed by atoms with Crippen LogP contribution in [0.5, 0.6) is 0 Å². The summed E-state index contributed by atoms with van der Waals surface area (Å²) in [6.07, 6.45) is 3.01. The lowest BCUT2D eigenvalue weighted by Gasteiger charge is -2.03. The summed E-state index contributed by atoms with van der Waals surface area (Å²) in [5.74, 6) is -0.594. The van der Waals surface area contributed by atoms with Crippen LogP contribution in [0.15, 0.2) is 36.4 Å². The lowest BCUT2D eigenvalue weighted by atomic mass is 10.2. The fraction of sp³-hybridized carbons (Fsp3) is 0.0909. The molecule has 0 unspecified atom stereocenters. The van der Waals surface area contributed by atoms with E-state index in [9.17, 15) is 4.79 Å².